The van der Waals surface area contributed by atoms with Gasteiger partial charge in [0, 0.05) is 12.7 Å². The minimum absolute atomic E-state index is 0.00943. The smallest absolute Gasteiger partial charge is 0.268 e. The lowest BCUT2D eigenvalue weighted by Crippen LogP contribution is -2.31. The Hall–Kier alpha value is -3.43. The van der Waals surface area contributed by atoms with E-state index in [9.17, 15) is 22.4 Å². The lowest BCUT2D eigenvalue weighted by molar-refractivity contribution is 0.0639. The number of pyridine rings is 1. The molecule has 2 amide bonds. The summed E-state index contributed by atoms with van der Waals surface area (Å²) in [7, 11) is -4.12. The fourth-order valence-electron chi connectivity index (χ4n) is 3.30. The highest BCUT2D eigenvalue weighted by molar-refractivity contribution is 7.89. The first-order valence-electron chi connectivity index (χ1n) is 9.41. The molecule has 31 heavy (non-hydrogen) atoms. The lowest BCUT2D eigenvalue weighted by atomic mass is 10.2. The van der Waals surface area contributed by atoms with Crippen LogP contribution in [0.25, 0.3) is 0 Å². The van der Waals surface area contributed by atoms with Crippen LogP contribution in [-0.2, 0) is 23.1 Å². The quantitative estimate of drug-likeness (QED) is 0.596. The van der Waals surface area contributed by atoms with E-state index in [0.717, 1.165) is 28.2 Å². The van der Waals surface area contributed by atoms with Gasteiger partial charge in [-0.25, -0.2) is 17.5 Å². The Kier molecular flexibility index (Phi) is 5.38. The third-order valence-corrected chi connectivity index (χ3v) is 6.45. The third kappa shape index (κ3) is 4.10. The molecule has 0 spiro atoms. The molecule has 1 aliphatic heterocycles. The van der Waals surface area contributed by atoms with Crippen molar-refractivity contribution in [3.63, 3.8) is 0 Å². The zero-order chi connectivity index (χ0) is 22.2. The molecule has 1 aromatic heterocycles. The number of imide groups is 1. The van der Waals surface area contributed by atoms with Crippen molar-refractivity contribution < 1.29 is 22.4 Å². The molecule has 0 unspecified atom stereocenters. The summed E-state index contributed by atoms with van der Waals surface area (Å²) in [5, 5.41) is 0. The molecule has 7 nitrogen and oxygen atoms in total. The van der Waals surface area contributed by atoms with E-state index in [-0.39, 0.29) is 34.8 Å². The monoisotopic (exact) mass is 439 g/mol. The molecule has 2 heterocycles. The Bertz CT molecular complexity index is 1260. The molecule has 2 aromatic carbocycles. The van der Waals surface area contributed by atoms with Gasteiger partial charge in [0.15, 0.2) is 0 Å². The number of hydrogen-bond acceptors (Lipinski definition) is 5. The van der Waals surface area contributed by atoms with Crippen molar-refractivity contribution in [1.29, 1.82) is 0 Å². The maximum absolute atomic E-state index is 13.9. The molecule has 0 saturated heterocycles. The van der Waals surface area contributed by atoms with Crippen molar-refractivity contribution in [2.75, 3.05) is 0 Å². The maximum atomic E-state index is 13.9. The van der Waals surface area contributed by atoms with E-state index in [1.807, 2.05) is 19.1 Å². The number of aromatic nitrogens is 1. The SMILES string of the molecule is Cc1ccc(CNS(=O)(=O)c2cc(F)ccc2CN2C(=O)c3cccnc3C2=O)cc1. The van der Waals surface area contributed by atoms with E-state index in [4.69, 9.17) is 0 Å². The minimum atomic E-state index is -4.12. The largest absolute Gasteiger partial charge is 0.280 e. The number of rotatable bonds is 6. The van der Waals surface area contributed by atoms with Gasteiger partial charge in [0.1, 0.15) is 11.5 Å². The van der Waals surface area contributed by atoms with Crippen LogP contribution in [0.4, 0.5) is 4.39 Å². The number of amides is 2. The number of hydrogen-bond donors (Lipinski definition) is 1. The van der Waals surface area contributed by atoms with Crippen LogP contribution in [0.2, 0.25) is 0 Å². The molecular formula is C22H18FN3O4S. The van der Waals surface area contributed by atoms with Crippen LogP contribution < -0.4 is 4.72 Å². The van der Waals surface area contributed by atoms with Crippen molar-refractivity contribution in [2.24, 2.45) is 0 Å². The van der Waals surface area contributed by atoms with Crippen molar-refractivity contribution in [2.45, 2.75) is 24.9 Å². The van der Waals surface area contributed by atoms with Gasteiger partial charge in [-0.2, -0.15) is 0 Å². The first-order valence-corrected chi connectivity index (χ1v) is 10.9. The van der Waals surface area contributed by atoms with E-state index in [0.29, 0.717) is 0 Å². The number of carbonyl (C=O) groups is 2. The molecule has 4 rings (SSSR count). The molecule has 0 radical (unpaired) electrons. The highest BCUT2D eigenvalue weighted by Gasteiger charge is 2.37. The van der Waals surface area contributed by atoms with E-state index >= 15 is 0 Å². The van der Waals surface area contributed by atoms with Gasteiger partial charge in [0.25, 0.3) is 11.8 Å². The van der Waals surface area contributed by atoms with E-state index in [1.54, 1.807) is 12.1 Å². The second-order valence-electron chi connectivity index (χ2n) is 7.16. The van der Waals surface area contributed by atoms with E-state index in [2.05, 4.69) is 9.71 Å². The molecule has 0 saturated carbocycles. The summed E-state index contributed by atoms with van der Waals surface area (Å²) < 4.78 is 42.2. The summed E-state index contributed by atoms with van der Waals surface area (Å²) in [6, 6.07) is 13.5. The number of halogens is 1. The van der Waals surface area contributed by atoms with Gasteiger partial charge in [-0.05, 0) is 42.3 Å². The first-order chi connectivity index (χ1) is 14.8. The number of fused-ring (bicyclic) bond motifs is 1. The van der Waals surface area contributed by atoms with Gasteiger partial charge < -0.3 is 0 Å². The molecule has 3 aromatic rings. The third-order valence-electron chi connectivity index (χ3n) is 4.97. The van der Waals surface area contributed by atoms with Crippen molar-refractivity contribution in [3.05, 3.63) is 94.6 Å². The number of carbonyl (C=O) groups excluding carboxylic acids is 2. The Morgan fingerprint density at radius 3 is 2.48 bits per heavy atom. The molecular weight excluding hydrogens is 421 g/mol. The molecule has 1 aliphatic rings. The second-order valence-corrected chi connectivity index (χ2v) is 8.89. The zero-order valence-electron chi connectivity index (χ0n) is 16.5. The summed E-state index contributed by atoms with van der Waals surface area (Å²) in [6.45, 7) is 1.60. The second kappa shape index (κ2) is 8.01. The Labute approximate surface area is 178 Å². The van der Waals surface area contributed by atoms with Gasteiger partial charge in [-0.15, -0.1) is 0 Å². The van der Waals surface area contributed by atoms with Gasteiger partial charge >= 0.3 is 0 Å². The summed E-state index contributed by atoms with van der Waals surface area (Å²) in [6.07, 6.45) is 1.40. The van der Waals surface area contributed by atoms with Gasteiger partial charge in [-0.1, -0.05) is 35.9 Å². The summed E-state index contributed by atoms with van der Waals surface area (Å²) in [4.78, 5) is 29.7. The average Bonchev–Trinajstić information content (AvgIpc) is 2.99. The standard InChI is InChI=1S/C22H18FN3O4S/c1-14-4-6-15(7-5-14)12-25-31(29,30)19-11-17(23)9-8-16(19)13-26-21(27)18-3-2-10-24-20(18)22(26)28/h2-11,25H,12-13H2,1H3. The fraction of sp³-hybridized carbons (Fsp3) is 0.136. The van der Waals surface area contributed by atoms with Crippen LogP contribution in [0.5, 0.6) is 0 Å². The van der Waals surface area contributed by atoms with Crippen LogP contribution in [-0.4, -0.2) is 30.1 Å². The molecule has 9 heteroatoms. The zero-order valence-corrected chi connectivity index (χ0v) is 17.3. The summed E-state index contributed by atoms with van der Waals surface area (Å²) in [5.41, 5.74) is 2.05. The van der Waals surface area contributed by atoms with Crippen LogP contribution in [0, 0.1) is 12.7 Å². The van der Waals surface area contributed by atoms with E-state index < -0.39 is 27.7 Å². The predicted molar refractivity (Wildman–Crippen MR) is 110 cm³/mol. The number of aryl methyl sites for hydroxylation is 1. The summed E-state index contributed by atoms with van der Waals surface area (Å²) in [5.74, 6) is -1.95. The molecule has 0 fully saturated rings. The molecule has 0 aliphatic carbocycles. The van der Waals surface area contributed by atoms with Crippen molar-refractivity contribution in [3.8, 4) is 0 Å². The number of nitrogens with zero attached hydrogens (tertiary/aromatic N) is 2. The van der Waals surface area contributed by atoms with Crippen LogP contribution in [0.3, 0.4) is 0 Å². The average molecular weight is 439 g/mol. The lowest BCUT2D eigenvalue weighted by Gasteiger charge is -2.17. The van der Waals surface area contributed by atoms with Crippen molar-refractivity contribution in [1.82, 2.24) is 14.6 Å². The highest BCUT2D eigenvalue weighted by atomic mass is 32.2. The van der Waals surface area contributed by atoms with Gasteiger partial charge in [-0.3, -0.25) is 19.5 Å². The molecule has 0 bridgehead atoms. The molecule has 0 atom stereocenters. The number of nitrogens with one attached hydrogen (secondary N) is 1. The first kappa shape index (κ1) is 20.8. The molecule has 158 valence electrons. The van der Waals surface area contributed by atoms with Gasteiger partial charge in [0.2, 0.25) is 10.0 Å². The predicted octanol–water partition coefficient (Wildman–Crippen LogP) is 2.80. The van der Waals surface area contributed by atoms with Crippen molar-refractivity contribution >= 4 is 21.8 Å². The Morgan fingerprint density at radius 1 is 1.03 bits per heavy atom. The Morgan fingerprint density at radius 2 is 1.77 bits per heavy atom. The number of benzene rings is 2. The highest BCUT2D eigenvalue weighted by Crippen LogP contribution is 2.26. The normalized spacial score (nSPS) is 13.5. The van der Waals surface area contributed by atoms with Crippen LogP contribution in [0.1, 0.15) is 37.5 Å². The van der Waals surface area contributed by atoms with Gasteiger partial charge in [0.05, 0.1) is 17.0 Å². The van der Waals surface area contributed by atoms with Crippen LogP contribution >= 0.6 is 0 Å². The fourth-order valence-corrected chi connectivity index (χ4v) is 4.56. The number of sulfonamides is 1. The molecule has 1 N–H and O–H groups in total. The van der Waals surface area contributed by atoms with Crippen LogP contribution in [0.15, 0.2) is 65.7 Å². The summed E-state index contributed by atoms with van der Waals surface area (Å²) >= 11 is 0. The van der Waals surface area contributed by atoms with E-state index in [1.165, 1.54) is 24.4 Å². The minimum Gasteiger partial charge on any atom is -0.268 e. The Balaban J connectivity index is 1.61. The topological polar surface area (TPSA) is 96.4 Å². The maximum Gasteiger partial charge on any atom is 0.280 e.